The summed E-state index contributed by atoms with van der Waals surface area (Å²) in [4.78, 5) is 14.5. The predicted molar refractivity (Wildman–Crippen MR) is 96.2 cm³/mol. The monoisotopic (exact) mass is 366 g/mol. The van der Waals surface area contributed by atoms with E-state index in [4.69, 9.17) is 23.2 Å². The zero-order valence-corrected chi connectivity index (χ0v) is 15.3. The first-order valence-corrected chi connectivity index (χ1v) is 8.72. The number of aromatic nitrogens is 2. The Kier molecular flexibility index (Phi) is 5.13. The van der Waals surface area contributed by atoms with Gasteiger partial charge in [-0.05, 0) is 32.0 Å². The van der Waals surface area contributed by atoms with E-state index in [2.05, 4.69) is 10.4 Å². The highest BCUT2D eigenvalue weighted by atomic mass is 35.5. The highest BCUT2D eigenvalue weighted by molar-refractivity contribution is 6.35. The van der Waals surface area contributed by atoms with Crippen molar-refractivity contribution in [1.29, 1.82) is 0 Å². The number of nitrogens with one attached hydrogen (secondary N) is 1. The van der Waals surface area contributed by atoms with Crippen LogP contribution in [0.2, 0.25) is 10.0 Å². The smallest absolute Gasteiger partial charge is 0.227 e. The fourth-order valence-electron chi connectivity index (χ4n) is 3.00. The van der Waals surface area contributed by atoms with Crippen LogP contribution in [0.1, 0.15) is 17.0 Å². The topological polar surface area (TPSA) is 50.2 Å². The molecule has 24 heavy (non-hydrogen) atoms. The fraction of sp³-hybridized carbons (Fsp3) is 0.412. The van der Waals surface area contributed by atoms with Gasteiger partial charge < -0.3 is 10.2 Å². The molecule has 7 heteroatoms. The summed E-state index contributed by atoms with van der Waals surface area (Å²) in [6.45, 7) is 7.11. The normalized spacial score (nSPS) is 14.9. The standard InChI is InChI=1S/C17H20Cl2N4O/c1-11-14(10-17(24)22-7-5-20-6-8-22)12(2)23(21-11)16-4-3-13(18)9-15(16)19/h3-4,9,20H,5-8,10H2,1-2H3. The molecule has 0 spiro atoms. The van der Waals surface area contributed by atoms with Gasteiger partial charge >= 0.3 is 0 Å². The third-order valence-electron chi connectivity index (χ3n) is 4.38. The molecule has 0 atom stereocenters. The van der Waals surface area contributed by atoms with E-state index in [9.17, 15) is 4.79 Å². The van der Waals surface area contributed by atoms with Crippen LogP contribution in [0.4, 0.5) is 0 Å². The summed E-state index contributed by atoms with van der Waals surface area (Å²) in [5, 5.41) is 8.95. The third kappa shape index (κ3) is 3.43. The number of aryl methyl sites for hydroxylation is 1. The summed E-state index contributed by atoms with van der Waals surface area (Å²) >= 11 is 12.3. The first-order chi connectivity index (χ1) is 11.5. The van der Waals surface area contributed by atoms with Crippen LogP contribution in [-0.4, -0.2) is 46.8 Å². The molecule has 1 amide bonds. The molecule has 0 saturated carbocycles. The van der Waals surface area contributed by atoms with Crippen molar-refractivity contribution in [3.05, 3.63) is 45.2 Å². The second kappa shape index (κ2) is 7.13. The maximum atomic E-state index is 12.5. The van der Waals surface area contributed by atoms with Crippen molar-refractivity contribution < 1.29 is 4.79 Å². The third-order valence-corrected chi connectivity index (χ3v) is 4.91. The lowest BCUT2D eigenvalue weighted by Gasteiger charge is -2.27. The second-order valence-corrected chi connectivity index (χ2v) is 6.81. The van der Waals surface area contributed by atoms with Gasteiger partial charge in [-0.2, -0.15) is 5.10 Å². The molecule has 0 bridgehead atoms. The van der Waals surface area contributed by atoms with Gasteiger partial charge in [-0.1, -0.05) is 23.2 Å². The van der Waals surface area contributed by atoms with Crippen molar-refractivity contribution in [1.82, 2.24) is 20.0 Å². The summed E-state index contributed by atoms with van der Waals surface area (Å²) in [5.41, 5.74) is 3.51. The molecule has 2 aromatic rings. The average Bonchev–Trinajstić information content (AvgIpc) is 2.84. The summed E-state index contributed by atoms with van der Waals surface area (Å²) in [6.07, 6.45) is 0.364. The second-order valence-electron chi connectivity index (χ2n) is 5.96. The Morgan fingerprint density at radius 1 is 1.25 bits per heavy atom. The quantitative estimate of drug-likeness (QED) is 0.908. The summed E-state index contributed by atoms with van der Waals surface area (Å²) in [6, 6.07) is 5.32. The Morgan fingerprint density at radius 3 is 2.62 bits per heavy atom. The highest BCUT2D eigenvalue weighted by Crippen LogP contribution is 2.27. The first-order valence-electron chi connectivity index (χ1n) is 7.96. The minimum Gasteiger partial charge on any atom is -0.340 e. The molecular weight excluding hydrogens is 347 g/mol. The van der Waals surface area contributed by atoms with Gasteiger partial charge in [-0.15, -0.1) is 0 Å². The molecule has 1 aromatic carbocycles. The Morgan fingerprint density at radius 2 is 1.96 bits per heavy atom. The summed E-state index contributed by atoms with van der Waals surface area (Å²) in [5.74, 6) is 0.143. The molecule has 1 fully saturated rings. The number of halogens is 2. The van der Waals surface area contributed by atoms with Gasteiger partial charge in [-0.25, -0.2) is 4.68 Å². The maximum Gasteiger partial charge on any atom is 0.227 e. The fourth-order valence-corrected chi connectivity index (χ4v) is 3.48. The number of benzene rings is 1. The van der Waals surface area contributed by atoms with Crippen LogP contribution >= 0.6 is 23.2 Å². The number of amides is 1. The number of nitrogens with zero attached hydrogens (tertiary/aromatic N) is 3. The zero-order valence-electron chi connectivity index (χ0n) is 13.8. The molecule has 5 nitrogen and oxygen atoms in total. The van der Waals surface area contributed by atoms with Crippen molar-refractivity contribution in [2.45, 2.75) is 20.3 Å². The van der Waals surface area contributed by atoms with Gasteiger partial charge in [0.05, 0.1) is 22.8 Å². The molecular formula is C17H20Cl2N4O. The summed E-state index contributed by atoms with van der Waals surface area (Å²) in [7, 11) is 0. The van der Waals surface area contributed by atoms with Crippen LogP contribution in [0, 0.1) is 13.8 Å². The number of piperazine rings is 1. The van der Waals surface area contributed by atoms with E-state index in [-0.39, 0.29) is 5.91 Å². The number of carbonyl (C=O) groups excluding carboxylic acids is 1. The molecule has 2 heterocycles. The Hall–Kier alpha value is -1.56. The van der Waals surface area contributed by atoms with Gasteiger partial charge in [-0.3, -0.25) is 4.79 Å². The highest BCUT2D eigenvalue weighted by Gasteiger charge is 2.21. The van der Waals surface area contributed by atoms with Crippen LogP contribution in [0.3, 0.4) is 0 Å². The van der Waals surface area contributed by atoms with Crippen molar-refractivity contribution in [3.8, 4) is 5.69 Å². The van der Waals surface area contributed by atoms with Crippen LogP contribution < -0.4 is 5.32 Å². The summed E-state index contributed by atoms with van der Waals surface area (Å²) < 4.78 is 1.79. The van der Waals surface area contributed by atoms with Crippen molar-refractivity contribution in [2.24, 2.45) is 0 Å². The van der Waals surface area contributed by atoms with Gasteiger partial charge in [0.2, 0.25) is 5.91 Å². The molecule has 3 rings (SSSR count). The lowest BCUT2D eigenvalue weighted by atomic mass is 10.1. The SMILES string of the molecule is Cc1nn(-c2ccc(Cl)cc2Cl)c(C)c1CC(=O)N1CCNCC1. The number of hydrogen-bond acceptors (Lipinski definition) is 3. The lowest BCUT2D eigenvalue weighted by Crippen LogP contribution is -2.47. The van der Waals surface area contributed by atoms with Gasteiger partial charge in [0, 0.05) is 42.5 Å². The molecule has 0 radical (unpaired) electrons. The molecule has 1 aromatic heterocycles. The van der Waals surface area contributed by atoms with Crippen molar-refractivity contribution in [2.75, 3.05) is 26.2 Å². The number of carbonyl (C=O) groups is 1. The van der Waals surface area contributed by atoms with Gasteiger partial charge in [0.25, 0.3) is 0 Å². The van der Waals surface area contributed by atoms with Crippen LogP contribution in [0.5, 0.6) is 0 Å². The van der Waals surface area contributed by atoms with Crippen molar-refractivity contribution >= 4 is 29.1 Å². The maximum absolute atomic E-state index is 12.5. The van der Waals surface area contributed by atoms with E-state index in [0.717, 1.165) is 48.8 Å². The van der Waals surface area contributed by atoms with E-state index >= 15 is 0 Å². The molecule has 0 unspecified atom stereocenters. The Labute approximate surface area is 151 Å². The van der Waals surface area contributed by atoms with Gasteiger partial charge in [0.1, 0.15) is 0 Å². The Bertz CT molecular complexity index is 766. The molecule has 1 aliphatic heterocycles. The minimum atomic E-state index is 0.143. The largest absolute Gasteiger partial charge is 0.340 e. The molecule has 1 N–H and O–H groups in total. The number of rotatable bonds is 3. The van der Waals surface area contributed by atoms with E-state index in [0.29, 0.717) is 16.5 Å². The molecule has 1 aliphatic rings. The Balaban J connectivity index is 1.87. The zero-order chi connectivity index (χ0) is 17.3. The number of hydrogen-bond donors (Lipinski definition) is 1. The van der Waals surface area contributed by atoms with Crippen LogP contribution in [-0.2, 0) is 11.2 Å². The van der Waals surface area contributed by atoms with Crippen molar-refractivity contribution in [3.63, 3.8) is 0 Å². The minimum absolute atomic E-state index is 0.143. The lowest BCUT2D eigenvalue weighted by molar-refractivity contribution is -0.131. The van der Waals surface area contributed by atoms with Crippen LogP contribution in [0.15, 0.2) is 18.2 Å². The molecule has 1 saturated heterocycles. The average molecular weight is 367 g/mol. The van der Waals surface area contributed by atoms with E-state index in [1.165, 1.54) is 0 Å². The molecule has 0 aliphatic carbocycles. The van der Waals surface area contributed by atoms with E-state index < -0.39 is 0 Å². The van der Waals surface area contributed by atoms with E-state index in [1.54, 1.807) is 16.8 Å². The predicted octanol–water partition coefficient (Wildman–Crippen LogP) is 2.77. The first kappa shape index (κ1) is 17.3. The molecule has 128 valence electrons. The van der Waals surface area contributed by atoms with Crippen LogP contribution in [0.25, 0.3) is 5.69 Å². The van der Waals surface area contributed by atoms with Gasteiger partial charge in [0.15, 0.2) is 0 Å². The van der Waals surface area contributed by atoms with E-state index in [1.807, 2.05) is 24.8 Å².